The number of aliphatic hydroxyl groups excluding tert-OH is 3. The van der Waals surface area contributed by atoms with E-state index in [2.05, 4.69) is 0 Å². The molecule has 2 aromatic carbocycles. The summed E-state index contributed by atoms with van der Waals surface area (Å²) < 4.78 is 10.3. The van der Waals surface area contributed by atoms with E-state index in [4.69, 9.17) is 9.47 Å². The predicted octanol–water partition coefficient (Wildman–Crippen LogP) is 0.628. The third-order valence-electron chi connectivity index (χ3n) is 10.8. The van der Waals surface area contributed by atoms with Gasteiger partial charge in [-0.15, -0.1) is 0 Å². The Morgan fingerprint density at radius 2 is 1.24 bits per heavy atom. The Balaban J connectivity index is 1.50. The summed E-state index contributed by atoms with van der Waals surface area (Å²) in [7, 11) is 2.53. The van der Waals surface area contributed by atoms with Gasteiger partial charge in [-0.05, 0) is 12.1 Å². The lowest BCUT2D eigenvalue weighted by atomic mass is 9.43. The van der Waals surface area contributed by atoms with E-state index in [9.17, 15) is 49.5 Å². The fourth-order valence-corrected chi connectivity index (χ4v) is 9.69. The number of carbonyl (C=O) groups is 5. The fraction of sp³-hybridized carbons (Fsp3) is 0.367. The minimum Gasteiger partial charge on any atom is -0.507 e. The third-order valence-corrected chi connectivity index (χ3v) is 10.8. The maximum atomic E-state index is 14.6. The Bertz CT molecular complexity index is 1820. The number of carbonyl (C=O) groups excluding carboxylic acids is 5. The highest BCUT2D eigenvalue weighted by molar-refractivity contribution is 6.32. The van der Waals surface area contributed by atoms with Crippen LogP contribution in [-0.2, 0) is 9.59 Å². The summed E-state index contributed by atoms with van der Waals surface area (Å²) >= 11 is 0. The molecule has 6 aliphatic rings. The van der Waals surface area contributed by atoms with Crippen molar-refractivity contribution in [3.63, 3.8) is 0 Å². The Hall–Kier alpha value is -4.55. The number of rotatable bonds is 2. The van der Waals surface area contributed by atoms with E-state index in [0.29, 0.717) is 0 Å². The van der Waals surface area contributed by atoms with Gasteiger partial charge in [0.05, 0.1) is 71.7 Å². The van der Waals surface area contributed by atoms with Crippen LogP contribution in [0.2, 0.25) is 0 Å². The first-order chi connectivity index (χ1) is 19.9. The molecule has 2 aromatic rings. The van der Waals surface area contributed by atoms with Crippen molar-refractivity contribution in [3.05, 3.63) is 52.1 Å². The molecule has 0 saturated heterocycles. The number of Topliss-reactive ketones (excluding diaryl/α,β-unsaturated/α-hetero) is 5. The minimum absolute atomic E-state index is 0.00243. The van der Waals surface area contributed by atoms with Crippen LogP contribution in [0, 0.1) is 40.4 Å². The number of methoxy groups -OCH3 is 2. The van der Waals surface area contributed by atoms with Crippen molar-refractivity contribution in [2.45, 2.75) is 12.2 Å². The first kappa shape index (κ1) is 25.2. The first-order valence-corrected chi connectivity index (χ1v) is 13.3. The zero-order valence-electron chi connectivity index (χ0n) is 21.9. The maximum absolute atomic E-state index is 14.6. The normalized spacial score (nSPS) is 38.4. The van der Waals surface area contributed by atoms with E-state index < -0.39 is 110 Å². The SMILES string of the molecule is COc1cc(O)c2c(c1)C(=O)C13C(C2=O)C(=O)C2C(O)C1C1C(O)C3C(=O)C3=C(O)c4c(O)cc(OC)cc4C(=O)C321. The number of benzene rings is 2. The number of allylic oxidation sites excluding steroid dienone is 1. The summed E-state index contributed by atoms with van der Waals surface area (Å²) in [4.78, 5) is 72.2. The molecule has 214 valence electrons. The lowest BCUT2D eigenvalue weighted by Gasteiger charge is -2.55. The monoisotopic (exact) mass is 574 g/mol. The highest BCUT2D eigenvalue weighted by atomic mass is 16.5. The summed E-state index contributed by atoms with van der Waals surface area (Å²) in [6.45, 7) is 0. The van der Waals surface area contributed by atoms with Gasteiger partial charge in [0.1, 0.15) is 28.8 Å². The van der Waals surface area contributed by atoms with Gasteiger partial charge in [-0.25, -0.2) is 0 Å². The van der Waals surface area contributed by atoms with Crippen molar-refractivity contribution in [2.24, 2.45) is 40.4 Å². The molecule has 9 atom stereocenters. The molecule has 0 heterocycles. The lowest BCUT2D eigenvalue weighted by Crippen LogP contribution is -2.69. The number of phenolic OH excluding ortho intramolecular Hbond substituents is 2. The van der Waals surface area contributed by atoms with E-state index in [1.165, 1.54) is 26.4 Å². The van der Waals surface area contributed by atoms with Crippen molar-refractivity contribution in [1.82, 2.24) is 0 Å². The summed E-state index contributed by atoms with van der Waals surface area (Å²) in [6, 6.07) is 4.61. The molecule has 12 heteroatoms. The number of ketones is 5. The van der Waals surface area contributed by atoms with Gasteiger partial charge in [-0.2, -0.15) is 0 Å². The molecule has 5 N–H and O–H groups in total. The maximum Gasteiger partial charge on any atom is 0.178 e. The van der Waals surface area contributed by atoms with Gasteiger partial charge in [0.15, 0.2) is 28.9 Å². The minimum atomic E-state index is -2.34. The van der Waals surface area contributed by atoms with Crippen LogP contribution in [0.4, 0.5) is 0 Å². The van der Waals surface area contributed by atoms with E-state index >= 15 is 0 Å². The van der Waals surface area contributed by atoms with Crippen LogP contribution in [0.3, 0.4) is 0 Å². The molecule has 0 amide bonds. The molecule has 0 aliphatic heterocycles. The molecule has 8 rings (SSSR count). The molecule has 42 heavy (non-hydrogen) atoms. The standard InChI is InChI=1S/C30H22O12/c1-41-7-3-9-13(11(31)5-7)21(33)17-25(37)20-23(35)15-16-24(36)19(29(15,17)27(9)39)26(38)18-22(34)14-10(28(40)30(16,18)20)4-8(42-2)6-12(14)32/h3-6,15-17,19-20,23-24,31-32,34-36H,1-2H3. The smallest absolute Gasteiger partial charge is 0.178 e. The number of aromatic hydroxyl groups is 2. The Morgan fingerprint density at radius 1 is 0.690 bits per heavy atom. The van der Waals surface area contributed by atoms with Crippen LogP contribution in [0.25, 0.3) is 5.76 Å². The highest BCUT2D eigenvalue weighted by Crippen LogP contribution is 2.80. The molecule has 4 bridgehead atoms. The zero-order chi connectivity index (χ0) is 29.9. The van der Waals surface area contributed by atoms with E-state index in [0.717, 1.165) is 12.1 Å². The highest BCUT2D eigenvalue weighted by Gasteiger charge is 2.91. The van der Waals surface area contributed by atoms with Gasteiger partial charge in [0.2, 0.25) is 0 Å². The van der Waals surface area contributed by atoms with Gasteiger partial charge in [-0.1, -0.05) is 0 Å². The van der Waals surface area contributed by atoms with Crippen LogP contribution in [0.1, 0.15) is 36.6 Å². The van der Waals surface area contributed by atoms with Crippen molar-refractivity contribution >= 4 is 34.7 Å². The summed E-state index contributed by atoms with van der Waals surface area (Å²) in [5.74, 6) is -15.2. The van der Waals surface area contributed by atoms with Crippen LogP contribution >= 0.6 is 0 Å². The summed E-state index contributed by atoms with van der Waals surface area (Å²) in [5.41, 5.74) is -6.71. The van der Waals surface area contributed by atoms with E-state index in [-0.39, 0.29) is 28.2 Å². The second-order valence-corrected chi connectivity index (χ2v) is 11.9. The Kier molecular flexibility index (Phi) is 4.35. The third kappa shape index (κ3) is 2.16. The average Bonchev–Trinajstić information content (AvgIpc) is 3.31. The Morgan fingerprint density at radius 3 is 1.83 bits per heavy atom. The summed E-state index contributed by atoms with van der Waals surface area (Å²) in [6.07, 6.45) is -3.51. The number of fused-ring (bicyclic) bond motifs is 4. The molecule has 6 aliphatic carbocycles. The second kappa shape index (κ2) is 7.26. The number of hydrogen-bond acceptors (Lipinski definition) is 12. The molecular weight excluding hydrogens is 552 g/mol. The van der Waals surface area contributed by atoms with Gasteiger partial charge in [0.25, 0.3) is 0 Å². The molecule has 12 nitrogen and oxygen atoms in total. The van der Waals surface area contributed by atoms with E-state index in [1.54, 1.807) is 0 Å². The fourth-order valence-electron chi connectivity index (χ4n) is 9.69. The second-order valence-electron chi connectivity index (χ2n) is 11.9. The van der Waals surface area contributed by atoms with Crippen molar-refractivity contribution < 1.29 is 59.0 Å². The molecule has 9 unspecified atom stereocenters. The number of ether oxygens (including phenoxy) is 2. The number of hydrogen-bond donors (Lipinski definition) is 5. The van der Waals surface area contributed by atoms with E-state index in [1.807, 2.05) is 0 Å². The van der Waals surface area contributed by atoms with Gasteiger partial charge >= 0.3 is 0 Å². The van der Waals surface area contributed by atoms with Gasteiger partial charge in [-0.3, -0.25) is 24.0 Å². The number of aliphatic hydroxyl groups is 3. The van der Waals surface area contributed by atoms with Crippen LogP contribution in [0.15, 0.2) is 29.8 Å². The first-order valence-electron chi connectivity index (χ1n) is 13.3. The van der Waals surface area contributed by atoms with Gasteiger partial charge < -0.3 is 35.0 Å². The van der Waals surface area contributed by atoms with Gasteiger partial charge in [0, 0.05) is 35.1 Å². The molecule has 0 radical (unpaired) electrons. The zero-order valence-corrected chi connectivity index (χ0v) is 21.9. The quantitative estimate of drug-likeness (QED) is 0.313. The average molecular weight is 574 g/mol. The summed E-state index contributed by atoms with van der Waals surface area (Å²) in [5, 5.41) is 56.5. The molecular formula is C30H22O12. The largest absolute Gasteiger partial charge is 0.507 e. The Labute approximate surface area is 235 Å². The topological polar surface area (TPSA) is 205 Å². The van der Waals surface area contributed by atoms with Crippen LogP contribution in [0.5, 0.6) is 23.0 Å². The van der Waals surface area contributed by atoms with Crippen LogP contribution < -0.4 is 9.47 Å². The number of phenols is 2. The van der Waals surface area contributed by atoms with Crippen molar-refractivity contribution in [1.29, 1.82) is 0 Å². The molecule has 0 aromatic heterocycles. The van der Waals surface area contributed by atoms with Crippen molar-refractivity contribution in [2.75, 3.05) is 14.2 Å². The molecule has 2 spiro atoms. The van der Waals surface area contributed by atoms with Crippen molar-refractivity contribution in [3.8, 4) is 23.0 Å². The van der Waals surface area contributed by atoms with Crippen LogP contribution in [-0.4, -0.2) is 80.9 Å². The predicted molar refractivity (Wildman–Crippen MR) is 136 cm³/mol. The molecule has 4 saturated carbocycles. The molecule has 4 fully saturated rings. The lowest BCUT2D eigenvalue weighted by molar-refractivity contribution is -0.154.